The topological polar surface area (TPSA) is 29.1 Å². The summed E-state index contributed by atoms with van der Waals surface area (Å²) in [6.07, 6.45) is 2.00. The molecule has 0 saturated carbocycles. The first-order chi connectivity index (χ1) is 8.54. The van der Waals surface area contributed by atoms with Gasteiger partial charge in [-0.2, -0.15) is 0 Å². The van der Waals surface area contributed by atoms with Gasteiger partial charge in [0.1, 0.15) is 0 Å². The molecule has 1 atom stereocenters. The van der Waals surface area contributed by atoms with Crippen molar-refractivity contribution < 1.29 is 4.79 Å². The van der Waals surface area contributed by atoms with E-state index in [0.29, 0.717) is 18.3 Å². The summed E-state index contributed by atoms with van der Waals surface area (Å²) in [5.41, 5.74) is 0.718. The molecule has 2 nitrogen and oxygen atoms in total. The molecule has 100 valence electrons. The summed E-state index contributed by atoms with van der Waals surface area (Å²) in [5, 5.41) is 2.94. The molecule has 1 aromatic carbocycles. The van der Waals surface area contributed by atoms with E-state index in [9.17, 15) is 4.79 Å². The lowest BCUT2D eigenvalue weighted by Crippen LogP contribution is -2.25. The number of alkyl halides is 1. The van der Waals surface area contributed by atoms with E-state index >= 15 is 0 Å². The minimum Gasteiger partial charge on any atom is -0.352 e. The van der Waals surface area contributed by atoms with Crippen LogP contribution in [0.5, 0.6) is 0 Å². The van der Waals surface area contributed by atoms with Crippen LogP contribution in [0.2, 0.25) is 0 Å². The van der Waals surface area contributed by atoms with Gasteiger partial charge in [-0.1, -0.05) is 22.9 Å². The van der Waals surface area contributed by atoms with E-state index in [1.807, 2.05) is 18.2 Å². The maximum absolute atomic E-state index is 12.0. The molecule has 0 aliphatic rings. The Hall–Kier alpha value is 0.190. The number of halogens is 3. The fraction of sp³-hybridized carbons (Fsp3) is 0.462. The van der Waals surface area contributed by atoms with Gasteiger partial charge in [0.25, 0.3) is 5.91 Å². The number of benzene rings is 1. The largest absolute Gasteiger partial charge is 0.352 e. The Morgan fingerprint density at radius 2 is 2.28 bits per heavy atom. The summed E-state index contributed by atoms with van der Waals surface area (Å²) < 4.78 is 1.88. The zero-order chi connectivity index (χ0) is 13.5. The molecule has 18 heavy (non-hydrogen) atoms. The van der Waals surface area contributed by atoms with Crippen molar-refractivity contribution in [3.05, 3.63) is 31.8 Å². The number of carbonyl (C=O) groups is 1. The minimum atomic E-state index is -0.0146. The monoisotopic (exact) mass is 443 g/mol. The number of amides is 1. The molecular weight excluding hydrogens is 428 g/mol. The van der Waals surface area contributed by atoms with E-state index in [2.05, 4.69) is 50.8 Å². The van der Waals surface area contributed by atoms with Gasteiger partial charge in [-0.3, -0.25) is 4.79 Å². The lowest BCUT2D eigenvalue weighted by atomic mass is 10.1. The van der Waals surface area contributed by atoms with Crippen molar-refractivity contribution in [3.8, 4) is 0 Å². The molecule has 1 aromatic rings. The SMILES string of the molecule is CC(CCl)CCCNC(=O)c1cc(Br)ccc1I. The highest BCUT2D eigenvalue weighted by molar-refractivity contribution is 14.1. The quantitative estimate of drug-likeness (QED) is 0.392. The minimum absolute atomic E-state index is 0.0146. The second-order valence-corrected chi connectivity index (χ2v) is 6.67. The number of hydrogen-bond acceptors (Lipinski definition) is 1. The molecule has 0 aliphatic heterocycles. The van der Waals surface area contributed by atoms with E-state index in [1.54, 1.807) is 0 Å². The highest BCUT2D eigenvalue weighted by atomic mass is 127. The maximum Gasteiger partial charge on any atom is 0.252 e. The van der Waals surface area contributed by atoms with Crippen molar-refractivity contribution in [1.29, 1.82) is 0 Å². The Balaban J connectivity index is 2.43. The van der Waals surface area contributed by atoms with Gasteiger partial charge in [-0.15, -0.1) is 11.6 Å². The predicted molar refractivity (Wildman–Crippen MR) is 88.3 cm³/mol. The molecular formula is C13H16BrClINO. The Bertz CT molecular complexity index is 414. The normalized spacial score (nSPS) is 12.2. The second-order valence-electron chi connectivity index (χ2n) is 4.28. The van der Waals surface area contributed by atoms with Crippen molar-refractivity contribution in [3.63, 3.8) is 0 Å². The molecule has 1 amide bonds. The first-order valence-electron chi connectivity index (χ1n) is 5.83. The third-order valence-electron chi connectivity index (χ3n) is 2.60. The zero-order valence-corrected chi connectivity index (χ0v) is 14.7. The molecule has 1 unspecified atom stereocenters. The molecule has 1 N–H and O–H groups in total. The van der Waals surface area contributed by atoms with Gasteiger partial charge in [-0.25, -0.2) is 0 Å². The second kappa shape index (κ2) is 8.38. The van der Waals surface area contributed by atoms with Gasteiger partial charge < -0.3 is 5.32 Å². The van der Waals surface area contributed by atoms with Crippen LogP contribution in [0.3, 0.4) is 0 Å². The lowest BCUT2D eigenvalue weighted by molar-refractivity contribution is 0.0951. The standard InChI is InChI=1S/C13H16BrClINO/c1-9(8-15)3-2-6-17-13(18)11-7-10(14)4-5-12(11)16/h4-5,7,9H,2-3,6,8H2,1H3,(H,17,18). The Morgan fingerprint density at radius 3 is 2.94 bits per heavy atom. The molecule has 0 heterocycles. The van der Waals surface area contributed by atoms with Crippen molar-refractivity contribution in [2.75, 3.05) is 12.4 Å². The van der Waals surface area contributed by atoms with Crippen LogP contribution in [0.1, 0.15) is 30.1 Å². The molecule has 0 radical (unpaired) electrons. The summed E-state index contributed by atoms with van der Waals surface area (Å²) >= 11 is 11.3. The maximum atomic E-state index is 12.0. The van der Waals surface area contributed by atoms with Crippen molar-refractivity contribution in [2.45, 2.75) is 19.8 Å². The van der Waals surface area contributed by atoms with Crippen LogP contribution >= 0.6 is 50.1 Å². The van der Waals surface area contributed by atoms with Crippen LogP contribution in [0, 0.1) is 9.49 Å². The van der Waals surface area contributed by atoms with Crippen LogP contribution < -0.4 is 5.32 Å². The van der Waals surface area contributed by atoms with Crippen molar-refractivity contribution in [1.82, 2.24) is 5.32 Å². The van der Waals surface area contributed by atoms with Crippen LogP contribution in [0.25, 0.3) is 0 Å². The van der Waals surface area contributed by atoms with Crippen LogP contribution in [0.4, 0.5) is 0 Å². The molecule has 0 fully saturated rings. The highest BCUT2D eigenvalue weighted by Crippen LogP contribution is 2.18. The van der Waals surface area contributed by atoms with Crippen molar-refractivity contribution >= 4 is 56.0 Å². The van der Waals surface area contributed by atoms with E-state index in [0.717, 1.165) is 26.4 Å². The highest BCUT2D eigenvalue weighted by Gasteiger charge is 2.10. The number of rotatable bonds is 6. The van der Waals surface area contributed by atoms with Crippen LogP contribution in [0.15, 0.2) is 22.7 Å². The first kappa shape index (κ1) is 16.2. The summed E-state index contributed by atoms with van der Waals surface area (Å²) in [6, 6.07) is 5.70. The third kappa shape index (κ3) is 5.45. The predicted octanol–water partition coefficient (Wildman–Crippen LogP) is 4.44. The lowest BCUT2D eigenvalue weighted by Gasteiger charge is -2.09. The molecule has 0 bridgehead atoms. The van der Waals surface area contributed by atoms with Crippen LogP contribution in [-0.4, -0.2) is 18.3 Å². The number of carbonyl (C=O) groups excluding carboxylic acids is 1. The average Bonchev–Trinajstić information content (AvgIpc) is 2.36. The van der Waals surface area contributed by atoms with E-state index in [1.165, 1.54) is 0 Å². The summed E-state index contributed by atoms with van der Waals surface area (Å²) in [7, 11) is 0. The van der Waals surface area contributed by atoms with Crippen LogP contribution in [-0.2, 0) is 0 Å². The third-order valence-corrected chi connectivity index (χ3v) is 4.56. The van der Waals surface area contributed by atoms with E-state index in [-0.39, 0.29) is 5.91 Å². The fourth-order valence-electron chi connectivity index (χ4n) is 1.50. The molecule has 0 saturated heterocycles. The number of hydrogen-bond donors (Lipinski definition) is 1. The Morgan fingerprint density at radius 1 is 1.56 bits per heavy atom. The molecule has 1 rings (SSSR count). The van der Waals surface area contributed by atoms with Crippen molar-refractivity contribution in [2.24, 2.45) is 5.92 Å². The fourth-order valence-corrected chi connectivity index (χ4v) is 2.59. The number of nitrogens with one attached hydrogen (secondary N) is 1. The molecule has 5 heteroatoms. The average molecular weight is 445 g/mol. The summed E-state index contributed by atoms with van der Waals surface area (Å²) in [6.45, 7) is 2.81. The van der Waals surface area contributed by atoms with E-state index in [4.69, 9.17) is 11.6 Å². The Labute approximate surface area is 135 Å². The van der Waals surface area contributed by atoms with Gasteiger partial charge >= 0.3 is 0 Å². The van der Waals surface area contributed by atoms with Gasteiger partial charge in [0, 0.05) is 20.5 Å². The summed E-state index contributed by atoms with van der Waals surface area (Å²) in [5.74, 6) is 1.17. The molecule has 0 aliphatic carbocycles. The van der Waals surface area contributed by atoms with Gasteiger partial charge in [0.05, 0.1) is 5.56 Å². The summed E-state index contributed by atoms with van der Waals surface area (Å²) in [4.78, 5) is 12.0. The van der Waals surface area contributed by atoms with E-state index < -0.39 is 0 Å². The first-order valence-corrected chi connectivity index (χ1v) is 8.24. The molecule has 0 aromatic heterocycles. The smallest absolute Gasteiger partial charge is 0.252 e. The molecule has 0 spiro atoms. The van der Waals surface area contributed by atoms with Gasteiger partial charge in [0.2, 0.25) is 0 Å². The van der Waals surface area contributed by atoms with Gasteiger partial charge in [-0.05, 0) is 59.5 Å². The zero-order valence-electron chi connectivity index (χ0n) is 10.2. The Kier molecular flexibility index (Phi) is 7.56. The van der Waals surface area contributed by atoms with Gasteiger partial charge in [0.15, 0.2) is 0 Å².